The molecule has 3 atom stereocenters. The second-order valence-corrected chi connectivity index (χ2v) is 5.78. The van der Waals surface area contributed by atoms with Crippen molar-refractivity contribution in [3.8, 4) is 0 Å². The number of benzene rings is 1. The second-order valence-electron chi connectivity index (χ2n) is 5.34. The number of nitrogens with two attached hydrogens (primary N) is 1. The zero-order valence-electron chi connectivity index (χ0n) is 10.6. The number of hydrazine groups is 1. The normalized spacial score (nSPS) is 26.0. The van der Waals surface area contributed by atoms with E-state index in [0.29, 0.717) is 22.4 Å². The van der Waals surface area contributed by atoms with Gasteiger partial charge in [0.15, 0.2) is 0 Å². The van der Waals surface area contributed by atoms with Gasteiger partial charge >= 0.3 is 0 Å². The third-order valence-corrected chi connectivity index (χ3v) is 4.16. The zero-order chi connectivity index (χ0) is 13.1. The number of hydrogen-bond donors (Lipinski definition) is 2. The molecule has 18 heavy (non-hydrogen) atoms. The summed E-state index contributed by atoms with van der Waals surface area (Å²) < 4.78 is 14.0. The van der Waals surface area contributed by atoms with E-state index in [1.54, 1.807) is 12.1 Å². The Morgan fingerprint density at radius 2 is 2.22 bits per heavy atom. The molecule has 4 heteroatoms. The van der Waals surface area contributed by atoms with E-state index >= 15 is 0 Å². The van der Waals surface area contributed by atoms with Crippen LogP contribution in [0.5, 0.6) is 0 Å². The Kier molecular flexibility index (Phi) is 4.60. The summed E-state index contributed by atoms with van der Waals surface area (Å²) in [6.07, 6.45) is 4.65. The highest BCUT2D eigenvalue weighted by Gasteiger charge is 2.28. The van der Waals surface area contributed by atoms with E-state index in [2.05, 4.69) is 12.3 Å². The minimum absolute atomic E-state index is 0.120. The maximum Gasteiger partial charge on any atom is 0.129 e. The quantitative estimate of drug-likeness (QED) is 0.647. The van der Waals surface area contributed by atoms with Crippen LogP contribution in [-0.2, 0) is 0 Å². The van der Waals surface area contributed by atoms with Crippen LogP contribution in [0.15, 0.2) is 18.2 Å². The average molecular weight is 271 g/mol. The molecule has 0 bridgehead atoms. The van der Waals surface area contributed by atoms with Gasteiger partial charge in [0.1, 0.15) is 5.82 Å². The van der Waals surface area contributed by atoms with E-state index in [0.717, 1.165) is 12.8 Å². The fourth-order valence-electron chi connectivity index (χ4n) is 3.02. The maximum atomic E-state index is 14.0. The summed E-state index contributed by atoms with van der Waals surface area (Å²) in [6.45, 7) is 2.25. The molecular formula is C14H20ClFN2. The van der Waals surface area contributed by atoms with E-state index in [4.69, 9.17) is 17.4 Å². The van der Waals surface area contributed by atoms with E-state index in [1.165, 1.54) is 18.9 Å². The Balaban J connectivity index is 2.21. The average Bonchev–Trinajstić information content (AvgIpc) is 2.33. The van der Waals surface area contributed by atoms with Crippen LogP contribution < -0.4 is 11.3 Å². The van der Waals surface area contributed by atoms with Gasteiger partial charge in [-0.3, -0.25) is 11.3 Å². The fourth-order valence-corrected chi connectivity index (χ4v) is 3.18. The van der Waals surface area contributed by atoms with E-state index in [9.17, 15) is 4.39 Å². The summed E-state index contributed by atoms with van der Waals surface area (Å²) >= 11 is 5.78. The van der Waals surface area contributed by atoms with Crippen molar-refractivity contribution in [2.75, 3.05) is 0 Å². The molecule has 0 radical (unpaired) electrons. The molecule has 0 saturated heterocycles. The molecule has 1 saturated carbocycles. The molecule has 0 amide bonds. The van der Waals surface area contributed by atoms with Crippen LogP contribution in [0, 0.1) is 17.7 Å². The van der Waals surface area contributed by atoms with Crippen LogP contribution in [0.1, 0.15) is 44.2 Å². The Labute approximate surface area is 113 Å². The topological polar surface area (TPSA) is 38.0 Å². The van der Waals surface area contributed by atoms with Crippen molar-refractivity contribution in [3.63, 3.8) is 0 Å². The Morgan fingerprint density at radius 1 is 1.44 bits per heavy atom. The van der Waals surface area contributed by atoms with Gasteiger partial charge in [0.2, 0.25) is 0 Å². The lowest BCUT2D eigenvalue weighted by molar-refractivity contribution is 0.221. The van der Waals surface area contributed by atoms with Crippen molar-refractivity contribution >= 4 is 11.6 Å². The molecule has 2 rings (SSSR count). The summed E-state index contributed by atoms with van der Waals surface area (Å²) in [6, 6.07) is 4.69. The predicted octanol–water partition coefficient (Wildman–Crippen LogP) is 3.81. The number of rotatable bonds is 3. The molecular weight excluding hydrogens is 251 g/mol. The monoisotopic (exact) mass is 270 g/mol. The van der Waals surface area contributed by atoms with Crippen molar-refractivity contribution in [2.45, 2.75) is 38.6 Å². The first kappa shape index (κ1) is 13.8. The van der Waals surface area contributed by atoms with Crippen LogP contribution >= 0.6 is 11.6 Å². The highest BCUT2D eigenvalue weighted by molar-refractivity contribution is 6.30. The molecule has 1 aromatic rings. The lowest BCUT2D eigenvalue weighted by Gasteiger charge is -2.33. The molecule has 3 unspecified atom stereocenters. The molecule has 2 nitrogen and oxygen atoms in total. The highest BCUT2D eigenvalue weighted by Crippen LogP contribution is 2.37. The van der Waals surface area contributed by atoms with Crippen LogP contribution in [0.2, 0.25) is 5.02 Å². The first-order valence-corrected chi connectivity index (χ1v) is 6.90. The Bertz CT molecular complexity index is 411. The van der Waals surface area contributed by atoms with Crippen LogP contribution in [0.25, 0.3) is 0 Å². The summed E-state index contributed by atoms with van der Waals surface area (Å²) in [5.41, 5.74) is 3.41. The maximum absolute atomic E-state index is 14.0. The third-order valence-electron chi connectivity index (χ3n) is 3.93. The van der Waals surface area contributed by atoms with E-state index < -0.39 is 0 Å². The van der Waals surface area contributed by atoms with Gasteiger partial charge in [-0.05, 0) is 36.8 Å². The SMILES string of the molecule is CC1CCCC(C(NN)c2ccc(Cl)cc2F)C1. The van der Waals surface area contributed by atoms with Gasteiger partial charge < -0.3 is 0 Å². The molecule has 1 aliphatic carbocycles. The summed E-state index contributed by atoms with van der Waals surface area (Å²) in [4.78, 5) is 0. The van der Waals surface area contributed by atoms with Crippen molar-refractivity contribution < 1.29 is 4.39 Å². The fraction of sp³-hybridized carbons (Fsp3) is 0.571. The van der Waals surface area contributed by atoms with Crippen molar-refractivity contribution in [1.29, 1.82) is 0 Å². The number of nitrogens with one attached hydrogen (secondary N) is 1. The minimum Gasteiger partial charge on any atom is -0.271 e. The molecule has 1 aromatic carbocycles. The van der Waals surface area contributed by atoms with E-state index in [1.807, 2.05) is 0 Å². The summed E-state index contributed by atoms with van der Waals surface area (Å²) in [5, 5.41) is 0.420. The molecule has 0 aromatic heterocycles. The van der Waals surface area contributed by atoms with Gasteiger partial charge in [-0.1, -0.05) is 37.4 Å². The predicted molar refractivity (Wildman–Crippen MR) is 72.6 cm³/mol. The summed E-state index contributed by atoms with van der Waals surface area (Å²) in [7, 11) is 0. The first-order chi connectivity index (χ1) is 8.61. The minimum atomic E-state index is -0.274. The molecule has 1 aliphatic rings. The van der Waals surface area contributed by atoms with Gasteiger partial charge in [0.25, 0.3) is 0 Å². The van der Waals surface area contributed by atoms with Crippen LogP contribution in [-0.4, -0.2) is 0 Å². The van der Waals surface area contributed by atoms with Gasteiger partial charge in [-0.2, -0.15) is 0 Å². The largest absolute Gasteiger partial charge is 0.271 e. The lowest BCUT2D eigenvalue weighted by atomic mass is 9.77. The van der Waals surface area contributed by atoms with Crippen molar-refractivity contribution in [1.82, 2.24) is 5.43 Å². The Hall–Kier alpha value is -0.640. The van der Waals surface area contributed by atoms with Crippen molar-refractivity contribution in [3.05, 3.63) is 34.6 Å². The zero-order valence-corrected chi connectivity index (χ0v) is 11.4. The second kappa shape index (κ2) is 6.00. The smallest absolute Gasteiger partial charge is 0.129 e. The third kappa shape index (κ3) is 3.02. The van der Waals surface area contributed by atoms with E-state index in [-0.39, 0.29) is 11.9 Å². The van der Waals surface area contributed by atoms with Crippen molar-refractivity contribution in [2.24, 2.45) is 17.7 Å². The van der Waals surface area contributed by atoms with Gasteiger partial charge in [0.05, 0.1) is 6.04 Å². The van der Waals surface area contributed by atoms with Gasteiger partial charge in [-0.25, -0.2) is 4.39 Å². The highest BCUT2D eigenvalue weighted by atomic mass is 35.5. The molecule has 0 heterocycles. The lowest BCUT2D eigenvalue weighted by Crippen LogP contribution is -2.36. The molecule has 0 aliphatic heterocycles. The van der Waals surface area contributed by atoms with Crippen LogP contribution in [0.4, 0.5) is 4.39 Å². The standard InChI is InChI=1S/C14H20ClFN2/c1-9-3-2-4-10(7-9)14(18-17)12-6-5-11(15)8-13(12)16/h5-6,8-10,14,18H,2-4,7,17H2,1H3. The number of hydrogen-bond acceptors (Lipinski definition) is 2. The molecule has 1 fully saturated rings. The molecule has 3 N–H and O–H groups in total. The first-order valence-electron chi connectivity index (χ1n) is 6.53. The number of halogens is 2. The Morgan fingerprint density at radius 3 is 2.83 bits per heavy atom. The molecule has 100 valence electrons. The van der Waals surface area contributed by atoms with Gasteiger partial charge in [0, 0.05) is 10.6 Å². The van der Waals surface area contributed by atoms with Crippen LogP contribution in [0.3, 0.4) is 0 Å². The summed E-state index contributed by atoms with van der Waals surface area (Å²) in [5.74, 6) is 6.45. The van der Waals surface area contributed by atoms with Gasteiger partial charge in [-0.15, -0.1) is 0 Å². The molecule has 0 spiro atoms.